The third-order valence-electron chi connectivity index (χ3n) is 5.10. The lowest BCUT2D eigenvalue weighted by Crippen LogP contribution is -2.68. The third-order valence-corrected chi connectivity index (χ3v) is 10.4. The van der Waals surface area contributed by atoms with Crippen molar-refractivity contribution in [1.29, 1.82) is 0 Å². The van der Waals surface area contributed by atoms with E-state index in [0.717, 1.165) is 12.8 Å². The summed E-state index contributed by atoms with van der Waals surface area (Å²) in [5, 5.41) is 2.27. The van der Waals surface area contributed by atoms with Crippen LogP contribution in [0.1, 0.15) is 33.6 Å². The molecule has 0 bridgehead atoms. The lowest BCUT2D eigenvalue weighted by molar-refractivity contribution is -0.125. The predicted octanol–water partition coefficient (Wildman–Crippen LogP) is 3.90. The van der Waals surface area contributed by atoms with Crippen LogP contribution in [0.3, 0.4) is 0 Å². The molecule has 0 aliphatic heterocycles. The second-order valence-corrected chi connectivity index (χ2v) is 12.3. The van der Waals surface area contributed by atoms with Crippen molar-refractivity contribution in [3.8, 4) is 0 Å². The first-order chi connectivity index (χ1) is 11.9. The molecule has 0 aromatic heterocycles. The van der Waals surface area contributed by atoms with Crippen LogP contribution in [-0.2, 0) is 9.22 Å². The zero-order chi connectivity index (χ0) is 18.1. The van der Waals surface area contributed by atoms with Crippen LogP contribution in [0.4, 0.5) is 0 Å². The number of carbonyl (C=O) groups excluding carboxylic acids is 1. The van der Waals surface area contributed by atoms with Crippen molar-refractivity contribution in [1.82, 2.24) is 0 Å². The highest BCUT2D eigenvalue weighted by atomic mass is 35.5. The first-order valence-corrected chi connectivity index (χ1v) is 11.2. The van der Waals surface area contributed by atoms with Gasteiger partial charge in [0.2, 0.25) is 0 Å². The molecular formula is C21H25ClO2Si. The standard InChI is InChI=1S/C21H25ClO2Si/c1-20(2,3)25(17-10-6-4-7-11-17,18-12-8-5-9-13-18)24-21(14-15-21)19(23)16-22/h4-13H,14-16H2,1-3H3. The summed E-state index contributed by atoms with van der Waals surface area (Å²) in [5.74, 6) is 0.0280. The molecule has 132 valence electrons. The van der Waals surface area contributed by atoms with Gasteiger partial charge in [0.25, 0.3) is 8.32 Å². The molecule has 0 N–H and O–H groups in total. The number of Topliss-reactive ketones (excluding diaryl/α,β-unsaturated/α-hetero) is 1. The van der Waals surface area contributed by atoms with Crippen LogP contribution in [0.15, 0.2) is 60.7 Å². The minimum atomic E-state index is -2.68. The smallest absolute Gasteiger partial charge is 0.262 e. The summed E-state index contributed by atoms with van der Waals surface area (Å²) < 4.78 is 6.93. The molecule has 0 atom stereocenters. The van der Waals surface area contributed by atoms with Crippen LogP contribution in [0.5, 0.6) is 0 Å². The number of carbonyl (C=O) groups is 1. The molecule has 1 aliphatic carbocycles. The van der Waals surface area contributed by atoms with Crippen molar-refractivity contribution in [2.75, 3.05) is 5.88 Å². The molecule has 0 unspecified atom stereocenters. The van der Waals surface area contributed by atoms with Gasteiger partial charge >= 0.3 is 0 Å². The van der Waals surface area contributed by atoms with Crippen LogP contribution in [0, 0.1) is 0 Å². The lowest BCUT2D eigenvalue weighted by atomic mass is 10.2. The predicted molar refractivity (Wildman–Crippen MR) is 106 cm³/mol. The topological polar surface area (TPSA) is 26.3 Å². The van der Waals surface area contributed by atoms with Crippen LogP contribution in [0.25, 0.3) is 0 Å². The molecule has 4 heteroatoms. The Balaban J connectivity index is 2.22. The van der Waals surface area contributed by atoms with Gasteiger partial charge in [-0.25, -0.2) is 0 Å². The van der Waals surface area contributed by atoms with Crippen LogP contribution < -0.4 is 10.4 Å². The van der Waals surface area contributed by atoms with Crippen molar-refractivity contribution in [2.24, 2.45) is 0 Å². The maximum absolute atomic E-state index is 12.5. The van der Waals surface area contributed by atoms with Crippen molar-refractivity contribution >= 4 is 36.1 Å². The molecule has 0 heterocycles. The molecule has 0 saturated heterocycles. The largest absolute Gasteiger partial charge is 0.395 e. The summed E-state index contributed by atoms with van der Waals surface area (Å²) >= 11 is 5.90. The molecule has 2 aromatic carbocycles. The van der Waals surface area contributed by atoms with Crippen LogP contribution >= 0.6 is 11.6 Å². The van der Waals surface area contributed by atoms with E-state index in [2.05, 4.69) is 69.3 Å². The van der Waals surface area contributed by atoms with E-state index in [9.17, 15) is 4.79 Å². The Morgan fingerprint density at radius 3 is 1.76 bits per heavy atom. The Kier molecular flexibility index (Phi) is 4.93. The number of alkyl halides is 1. The molecule has 1 saturated carbocycles. The fourth-order valence-corrected chi connectivity index (χ4v) is 8.69. The molecule has 0 spiro atoms. The van der Waals surface area contributed by atoms with E-state index in [1.54, 1.807) is 0 Å². The molecule has 2 aromatic rings. The molecule has 1 fully saturated rings. The number of ketones is 1. The molecule has 1 aliphatic rings. The minimum Gasteiger partial charge on any atom is -0.395 e. The zero-order valence-electron chi connectivity index (χ0n) is 15.1. The number of hydrogen-bond donors (Lipinski definition) is 0. The summed E-state index contributed by atoms with van der Waals surface area (Å²) in [7, 11) is -2.68. The number of halogens is 1. The van der Waals surface area contributed by atoms with E-state index in [4.69, 9.17) is 16.0 Å². The third kappa shape index (κ3) is 3.21. The summed E-state index contributed by atoms with van der Waals surface area (Å²) in [6, 6.07) is 20.8. The lowest BCUT2D eigenvalue weighted by Gasteiger charge is -2.45. The Morgan fingerprint density at radius 2 is 1.44 bits per heavy atom. The quantitative estimate of drug-likeness (QED) is 0.567. The van der Waals surface area contributed by atoms with E-state index in [1.807, 2.05) is 12.1 Å². The maximum Gasteiger partial charge on any atom is 0.262 e. The van der Waals surface area contributed by atoms with E-state index in [-0.39, 0.29) is 16.7 Å². The van der Waals surface area contributed by atoms with Gasteiger partial charge in [0.1, 0.15) is 5.60 Å². The van der Waals surface area contributed by atoms with Gasteiger partial charge in [0.15, 0.2) is 5.78 Å². The first kappa shape index (κ1) is 18.4. The summed E-state index contributed by atoms with van der Waals surface area (Å²) in [4.78, 5) is 12.5. The highest BCUT2D eigenvalue weighted by Crippen LogP contribution is 2.48. The van der Waals surface area contributed by atoms with E-state index in [1.165, 1.54) is 10.4 Å². The van der Waals surface area contributed by atoms with Gasteiger partial charge in [0.05, 0.1) is 5.88 Å². The maximum atomic E-state index is 12.5. The van der Waals surface area contributed by atoms with Gasteiger partial charge in [-0.1, -0.05) is 81.4 Å². The Labute approximate surface area is 156 Å². The Morgan fingerprint density at radius 1 is 1.00 bits per heavy atom. The second kappa shape index (κ2) is 6.71. The van der Waals surface area contributed by atoms with E-state index in [0.29, 0.717) is 0 Å². The molecule has 0 amide bonds. The van der Waals surface area contributed by atoms with Crippen molar-refractivity contribution < 1.29 is 9.22 Å². The van der Waals surface area contributed by atoms with Gasteiger partial charge in [-0.05, 0) is 28.3 Å². The summed E-state index contributed by atoms with van der Waals surface area (Å²) in [5.41, 5.74) is -0.701. The summed E-state index contributed by atoms with van der Waals surface area (Å²) in [6.07, 6.45) is 1.53. The average molecular weight is 373 g/mol. The molecule has 25 heavy (non-hydrogen) atoms. The summed E-state index contributed by atoms with van der Waals surface area (Å²) in [6.45, 7) is 6.67. The zero-order valence-corrected chi connectivity index (χ0v) is 16.8. The normalized spacial score (nSPS) is 16.5. The highest BCUT2D eigenvalue weighted by molar-refractivity contribution is 6.99. The highest BCUT2D eigenvalue weighted by Gasteiger charge is 2.60. The Hall–Kier alpha value is -1.42. The monoisotopic (exact) mass is 372 g/mol. The number of hydrogen-bond acceptors (Lipinski definition) is 2. The van der Waals surface area contributed by atoms with Gasteiger partial charge in [-0.2, -0.15) is 0 Å². The minimum absolute atomic E-state index is 0.0121. The molecule has 0 radical (unpaired) electrons. The van der Waals surface area contributed by atoms with Gasteiger partial charge in [0, 0.05) is 0 Å². The molecule has 2 nitrogen and oxygen atoms in total. The van der Waals surface area contributed by atoms with Crippen molar-refractivity contribution in [3.05, 3.63) is 60.7 Å². The Bertz CT molecular complexity index is 694. The van der Waals surface area contributed by atoms with Gasteiger partial charge < -0.3 is 4.43 Å². The average Bonchev–Trinajstić information content (AvgIpc) is 3.40. The van der Waals surface area contributed by atoms with Crippen molar-refractivity contribution in [2.45, 2.75) is 44.3 Å². The fourth-order valence-electron chi connectivity index (χ4n) is 3.62. The van der Waals surface area contributed by atoms with E-state index >= 15 is 0 Å². The molecular weight excluding hydrogens is 348 g/mol. The SMILES string of the molecule is CC(C)(C)[Si](OC1(C(=O)CCl)CC1)(c1ccccc1)c1ccccc1. The van der Waals surface area contributed by atoms with Gasteiger partial charge in [-0.15, -0.1) is 11.6 Å². The van der Waals surface area contributed by atoms with Crippen LogP contribution in [0.2, 0.25) is 5.04 Å². The fraction of sp³-hybridized carbons (Fsp3) is 0.381. The van der Waals surface area contributed by atoms with E-state index < -0.39 is 13.9 Å². The first-order valence-electron chi connectivity index (χ1n) is 8.76. The molecule has 3 rings (SSSR count). The number of benzene rings is 2. The van der Waals surface area contributed by atoms with Gasteiger partial charge in [-0.3, -0.25) is 4.79 Å². The van der Waals surface area contributed by atoms with Crippen molar-refractivity contribution in [3.63, 3.8) is 0 Å². The number of rotatable bonds is 6. The second-order valence-electron chi connectivity index (χ2n) is 7.82. The van der Waals surface area contributed by atoms with Crippen LogP contribution in [-0.4, -0.2) is 25.6 Å².